The Morgan fingerprint density at radius 1 is 1.25 bits per heavy atom. The Labute approximate surface area is 99.5 Å². The van der Waals surface area contributed by atoms with E-state index in [1.807, 2.05) is 0 Å². The summed E-state index contributed by atoms with van der Waals surface area (Å²) >= 11 is 0. The van der Waals surface area contributed by atoms with Crippen LogP contribution in [-0.2, 0) is 6.42 Å². The second-order valence-corrected chi connectivity index (χ2v) is 4.56. The fourth-order valence-electron chi connectivity index (χ4n) is 2.05. The second kappa shape index (κ2) is 6.02. The molecule has 1 unspecified atom stereocenters. The Balaban J connectivity index is 3.03. The number of nitrogens with zero attached hydrogens (tertiary/aromatic N) is 1. The van der Waals surface area contributed by atoms with Crippen LogP contribution in [0.1, 0.15) is 37.9 Å². The average molecular weight is 220 g/mol. The minimum Gasteiger partial charge on any atom is -0.329 e. The van der Waals surface area contributed by atoms with Gasteiger partial charge in [0, 0.05) is 18.6 Å². The maximum Gasteiger partial charge on any atom is 0.0472 e. The number of nitrogens with two attached hydrogens (primary N) is 1. The van der Waals surface area contributed by atoms with E-state index in [-0.39, 0.29) is 0 Å². The summed E-state index contributed by atoms with van der Waals surface area (Å²) in [6.45, 7) is 7.28. The van der Waals surface area contributed by atoms with Crippen molar-refractivity contribution in [2.24, 2.45) is 5.73 Å². The van der Waals surface area contributed by atoms with E-state index in [9.17, 15) is 0 Å². The Hall–Kier alpha value is -0.860. The van der Waals surface area contributed by atoms with Gasteiger partial charge in [0.15, 0.2) is 0 Å². The molecule has 0 heterocycles. The van der Waals surface area contributed by atoms with Gasteiger partial charge in [-0.3, -0.25) is 4.90 Å². The molecule has 2 nitrogen and oxygen atoms in total. The molecule has 16 heavy (non-hydrogen) atoms. The number of hydrogen-bond acceptors (Lipinski definition) is 2. The van der Waals surface area contributed by atoms with Gasteiger partial charge in [-0.2, -0.15) is 0 Å². The first kappa shape index (κ1) is 13.2. The Morgan fingerprint density at radius 3 is 2.38 bits per heavy atom. The second-order valence-electron chi connectivity index (χ2n) is 4.56. The van der Waals surface area contributed by atoms with E-state index in [0.717, 1.165) is 6.42 Å². The van der Waals surface area contributed by atoms with Crippen molar-refractivity contribution in [1.82, 2.24) is 4.90 Å². The lowest BCUT2D eigenvalue weighted by Gasteiger charge is -2.32. The third-order valence-corrected chi connectivity index (χ3v) is 3.32. The zero-order valence-corrected chi connectivity index (χ0v) is 10.9. The van der Waals surface area contributed by atoms with E-state index in [4.69, 9.17) is 5.73 Å². The first-order valence-corrected chi connectivity index (χ1v) is 6.11. The number of benzene rings is 1. The van der Waals surface area contributed by atoms with Gasteiger partial charge in [0.25, 0.3) is 0 Å². The normalized spacial score (nSPS) is 13.4. The quantitative estimate of drug-likeness (QED) is 0.826. The van der Waals surface area contributed by atoms with Crippen molar-refractivity contribution < 1.29 is 0 Å². The number of likely N-dealkylation sites (N-methyl/N-ethyl adjacent to an activating group) is 1. The van der Waals surface area contributed by atoms with Crippen LogP contribution in [0.3, 0.4) is 0 Å². The molecule has 0 aliphatic carbocycles. The van der Waals surface area contributed by atoms with Crippen molar-refractivity contribution >= 4 is 0 Å². The number of hydrogen-bond donors (Lipinski definition) is 1. The molecular weight excluding hydrogens is 196 g/mol. The third kappa shape index (κ3) is 2.83. The highest BCUT2D eigenvalue weighted by molar-refractivity contribution is 5.30. The molecule has 1 aromatic carbocycles. The summed E-state index contributed by atoms with van der Waals surface area (Å²) in [5.41, 5.74) is 8.71. The highest BCUT2D eigenvalue weighted by Crippen LogP contribution is 2.24. The standard InChI is InChI=1S/C14H24N2/c1-5-12-8-6-7-9-13(12)14(10-15)16(4)11(2)3/h6-9,11,14H,5,10,15H2,1-4H3. The first-order valence-electron chi connectivity index (χ1n) is 6.11. The summed E-state index contributed by atoms with van der Waals surface area (Å²) in [5.74, 6) is 0. The molecule has 0 spiro atoms. The van der Waals surface area contributed by atoms with Crippen molar-refractivity contribution in [3.8, 4) is 0 Å². The van der Waals surface area contributed by atoms with Gasteiger partial charge in [0.1, 0.15) is 0 Å². The number of rotatable bonds is 5. The van der Waals surface area contributed by atoms with Crippen LogP contribution in [0.25, 0.3) is 0 Å². The minimum absolute atomic E-state index is 0.330. The SMILES string of the molecule is CCc1ccccc1C(CN)N(C)C(C)C. The molecular formula is C14H24N2. The maximum atomic E-state index is 5.93. The Morgan fingerprint density at radius 2 is 1.88 bits per heavy atom. The van der Waals surface area contributed by atoms with Crippen LogP contribution in [0.4, 0.5) is 0 Å². The smallest absolute Gasteiger partial charge is 0.0472 e. The van der Waals surface area contributed by atoms with Gasteiger partial charge in [0.05, 0.1) is 0 Å². The minimum atomic E-state index is 0.330. The van der Waals surface area contributed by atoms with Crippen LogP contribution in [0.5, 0.6) is 0 Å². The zero-order chi connectivity index (χ0) is 12.1. The predicted octanol–water partition coefficient (Wildman–Crippen LogP) is 2.59. The lowest BCUT2D eigenvalue weighted by atomic mass is 9.97. The lowest BCUT2D eigenvalue weighted by Crippen LogP contribution is -2.35. The molecule has 0 saturated heterocycles. The van der Waals surface area contributed by atoms with Crippen LogP contribution < -0.4 is 5.73 Å². The van der Waals surface area contributed by atoms with E-state index in [1.165, 1.54) is 11.1 Å². The van der Waals surface area contributed by atoms with Gasteiger partial charge in [-0.05, 0) is 38.4 Å². The fourth-order valence-corrected chi connectivity index (χ4v) is 2.05. The molecule has 0 radical (unpaired) electrons. The largest absolute Gasteiger partial charge is 0.329 e. The highest BCUT2D eigenvalue weighted by Gasteiger charge is 2.19. The topological polar surface area (TPSA) is 29.3 Å². The van der Waals surface area contributed by atoms with Crippen LogP contribution >= 0.6 is 0 Å². The van der Waals surface area contributed by atoms with Gasteiger partial charge in [-0.15, -0.1) is 0 Å². The molecule has 0 aromatic heterocycles. The van der Waals surface area contributed by atoms with Crippen molar-refractivity contribution in [2.75, 3.05) is 13.6 Å². The van der Waals surface area contributed by atoms with E-state index in [2.05, 4.69) is 57.0 Å². The summed E-state index contributed by atoms with van der Waals surface area (Å²) in [6.07, 6.45) is 1.07. The third-order valence-electron chi connectivity index (χ3n) is 3.32. The molecule has 2 heteroatoms. The van der Waals surface area contributed by atoms with E-state index >= 15 is 0 Å². The van der Waals surface area contributed by atoms with Crippen LogP contribution in [-0.4, -0.2) is 24.5 Å². The van der Waals surface area contributed by atoms with Crippen LogP contribution in [0.2, 0.25) is 0 Å². The predicted molar refractivity (Wildman–Crippen MR) is 70.5 cm³/mol. The van der Waals surface area contributed by atoms with Gasteiger partial charge in [-0.1, -0.05) is 31.2 Å². The van der Waals surface area contributed by atoms with Gasteiger partial charge < -0.3 is 5.73 Å². The van der Waals surface area contributed by atoms with Crippen LogP contribution in [0, 0.1) is 0 Å². The average Bonchev–Trinajstić information content (AvgIpc) is 2.30. The van der Waals surface area contributed by atoms with Crippen molar-refractivity contribution in [2.45, 2.75) is 39.3 Å². The van der Waals surface area contributed by atoms with Crippen LogP contribution in [0.15, 0.2) is 24.3 Å². The van der Waals surface area contributed by atoms with Crippen molar-refractivity contribution in [1.29, 1.82) is 0 Å². The van der Waals surface area contributed by atoms with Gasteiger partial charge in [0.2, 0.25) is 0 Å². The first-order chi connectivity index (χ1) is 7.61. The molecule has 0 aliphatic heterocycles. The number of aryl methyl sites for hydroxylation is 1. The fraction of sp³-hybridized carbons (Fsp3) is 0.571. The summed E-state index contributed by atoms with van der Waals surface area (Å²) in [4.78, 5) is 2.34. The lowest BCUT2D eigenvalue weighted by molar-refractivity contribution is 0.200. The van der Waals surface area contributed by atoms with E-state index in [0.29, 0.717) is 18.6 Å². The van der Waals surface area contributed by atoms with E-state index < -0.39 is 0 Å². The van der Waals surface area contributed by atoms with E-state index in [1.54, 1.807) is 0 Å². The summed E-state index contributed by atoms with van der Waals surface area (Å²) in [5, 5.41) is 0. The monoisotopic (exact) mass is 220 g/mol. The molecule has 1 rings (SSSR count). The molecule has 0 aliphatic rings. The molecule has 0 saturated carbocycles. The molecule has 90 valence electrons. The Bertz CT molecular complexity index is 320. The molecule has 1 aromatic rings. The summed E-state index contributed by atoms with van der Waals surface area (Å²) in [7, 11) is 2.15. The highest BCUT2D eigenvalue weighted by atomic mass is 15.2. The summed E-state index contributed by atoms with van der Waals surface area (Å²) < 4.78 is 0. The summed E-state index contributed by atoms with van der Waals surface area (Å²) in [6, 6.07) is 9.45. The molecule has 1 atom stereocenters. The molecule has 0 fully saturated rings. The van der Waals surface area contributed by atoms with Gasteiger partial charge >= 0.3 is 0 Å². The van der Waals surface area contributed by atoms with Crippen molar-refractivity contribution in [3.05, 3.63) is 35.4 Å². The molecule has 2 N–H and O–H groups in total. The van der Waals surface area contributed by atoms with Gasteiger partial charge in [-0.25, -0.2) is 0 Å². The maximum absolute atomic E-state index is 5.93. The van der Waals surface area contributed by atoms with Crippen molar-refractivity contribution in [3.63, 3.8) is 0 Å². The molecule has 0 amide bonds. The Kier molecular flexibility index (Phi) is 4.97. The zero-order valence-electron chi connectivity index (χ0n) is 10.9. The molecule has 0 bridgehead atoms.